The molecule has 2 aromatic rings. The molecular formula is C18H20NO+. The van der Waals surface area contributed by atoms with Crippen molar-refractivity contribution in [1.82, 2.24) is 0 Å². The summed E-state index contributed by atoms with van der Waals surface area (Å²) in [5, 5.41) is 10.5. The Morgan fingerprint density at radius 3 is 2.15 bits per heavy atom. The van der Waals surface area contributed by atoms with Crippen LogP contribution in [0.2, 0.25) is 0 Å². The van der Waals surface area contributed by atoms with E-state index in [-0.39, 0.29) is 0 Å². The van der Waals surface area contributed by atoms with Gasteiger partial charge >= 0.3 is 0 Å². The highest BCUT2D eigenvalue weighted by atomic mass is 16.5. The topological polar surface area (TPSA) is 23.2 Å². The van der Waals surface area contributed by atoms with Crippen LogP contribution in [-0.4, -0.2) is 16.2 Å². The Bertz CT molecular complexity index is 589. The SMILES string of the molecule is C=CCC(C)(c1ccccc1)[N+](O)=Cc1ccccc1. The fourth-order valence-electron chi connectivity index (χ4n) is 2.24. The van der Waals surface area contributed by atoms with Crippen molar-refractivity contribution in [2.24, 2.45) is 0 Å². The molecule has 0 heterocycles. The number of hydrogen-bond acceptors (Lipinski definition) is 1. The molecule has 20 heavy (non-hydrogen) atoms. The molecule has 102 valence electrons. The minimum absolute atomic E-state index is 0.529. The zero-order chi connectivity index (χ0) is 14.4. The summed E-state index contributed by atoms with van der Waals surface area (Å²) in [4.78, 5) is 0. The molecule has 2 nitrogen and oxygen atoms in total. The van der Waals surface area contributed by atoms with Gasteiger partial charge in [-0.2, -0.15) is 0 Å². The van der Waals surface area contributed by atoms with Crippen LogP contribution in [0.25, 0.3) is 0 Å². The van der Waals surface area contributed by atoms with Gasteiger partial charge in [0, 0.05) is 24.5 Å². The highest BCUT2D eigenvalue weighted by Gasteiger charge is 2.38. The second-order valence-electron chi connectivity index (χ2n) is 5.02. The minimum atomic E-state index is -0.529. The summed E-state index contributed by atoms with van der Waals surface area (Å²) >= 11 is 0. The third-order valence-electron chi connectivity index (χ3n) is 3.51. The molecule has 0 aliphatic heterocycles. The summed E-state index contributed by atoms with van der Waals surface area (Å²) in [6.07, 6.45) is 4.22. The van der Waals surface area contributed by atoms with Crippen LogP contribution < -0.4 is 0 Å². The van der Waals surface area contributed by atoms with Crippen molar-refractivity contribution in [3.63, 3.8) is 0 Å². The minimum Gasteiger partial charge on any atom is -0.290 e. The van der Waals surface area contributed by atoms with Crippen LogP contribution in [0.3, 0.4) is 0 Å². The third-order valence-corrected chi connectivity index (χ3v) is 3.51. The van der Waals surface area contributed by atoms with Crippen molar-refractivity contribution >= 4 is 6.21 Å². The first-order chi connectivity index (χ1) is 9.66. The van der Waals surface area contributed by atoms with E-state index in [1.54, 1.807) is 6.21 Å². The van der Waals surface area contributed by atoms with Gasteiger partial charge in [-0.1, -0.05) is 54.6 Å². The average Bonchev–Trinajstić information content (AvgIpc) is 2.49. The lowest BCUT2D eigenvalue weighted by Crippen LogP contribution is -2.35. The molecule has 0 spiro atoms. The standard InChI is InChI=1S/C18H20NO/c1-3-14-18(2,17-12-8-5-9-13-17)19(20)15-16-10-6-4-7-11-16/h3-13,15,20H,1,14H2,2H3/q+1. The van der Waals surface area contributed by atoms with Gasteiger partial charge < -0.3 is 0 Å². The molecule has 0 fully saturated rings. The van der Waals surface area contributed by atoms with E-state index in [0.29, 0.717) is 6.42 Å². The zero-order valence-electron chi connectivity index (χ0n) is 11.7. The molecule has 2 aromatic carbocycles. The molecule has 0 aliphatic rings. The van der Waals surface area contributed by atoms with Gasteiger partial charge in [-0.25, -0.2) is 0 Å². The fraction of sp³-hybridized carbons (Fsp3) is 0.167. The van der Waals surface area contributed by atoms with E-state index < -0.39 is 5.54 Å². The van der Waals surface area contributed by atoms with E-state index in [2.05, 4.69) is 6.58 Å². The molecule has 0 aromatic heterocycles. The first-order valence-corrected chi connectivity index (χ1v) is 6.71. The summed E-state index contributed by atoms with van der Waals surface area (Å²) in [7, 11) is 0. The molecule has 2 heteroatoms. The van der Waals surface area contributed by atoms with Gasteiger partial charge in [0.15, 0.2) is 0 Å². The highest BCUT2D eigenvalue weighted by molar-refractivity contribution is 5.75. The summed E-state index contributed by atoms with van der Waals surface area (Å²) in [5.41, 5.74) is 1.48. The summed E-state index contributed by atoms with van der Waals surface area (Å²) in [6, 6.07) is 19.8. The van der Waals surface area contributed by atoms with Crippen LogP contribution in [-0.2, 0) is 5.54 Å². The van der Waals surface area contributed by atoms with Crippen molar-refractivity contribution < 1.29 is 9.95 Å². The number of hydroxylamine groups is 1. The second kappa shape index (κ2) is 6.20. The molecule has 0 saturated heterocycles. The van der Waals surface area contributed by atoms with Gasteiger partial charge in [0.1, 0.15) is 0 Å². The van der Waals surface area contributed by atoms with E-state index in [0.717, 1.165) is 11.1 Å². The molecule has 0 saturated carbocycles. The molecule has 2 rings (SSSR count). The van der Waals surface area contributed by atoms with E-state index in [9.17, 15) is 5.21 Å². The van der Waals surface area contributed by atoms with E-state index in [4.69, 9.17) is 0 Å². The van der Waals surface area contributed by atoms with Crippen molar-refractivity contribution in [3.05, 3.63) is 84.4 Å². The van der Waals surface area contributed by atoms with Crippen LogP contribution in [0.1, 0.15) is 24.5 Å². The van der Waals surface area contributed by atoms with Gasteiger partial charge in [0.05, 0.1) is 0 Å². The third kappa shape index (κ3) is 2.97. The number of rotatable bonds is 5. The number of hydrogen-bond donors (Lipinski definition) is 1. The molecule has 0 aliphatic carbocycles. The Morgan fingerprint density at radius 2 is 1.60 bits per heavy atom. The number of nitrogens with zero attached hydrogens (tertiary/aromatic N) is 1. The van der Waals surface area contributed by atoms with Crippen molar-refractivity contribution in [3.8, 4) is 0 Å². The highest BCUT2D eigenvalue weighted by Crippen LogP contribution is 2.28. The lowest BCUT2D eigenvalue weighted by Gasteiger charge is -2.21. The predicted octanol–water partition coefficient (Wildman–Crippen LogP) is 4.00. The maximum atomic E-state index is 10.5. The largest absolute Gasteiger partial charge is 0.290 e. The Kier molecular flexibility index (Phi) is 4.36. The van der Waals surface area contributed by atoms with Crippen LogP contribution in [0.4, 0.5) is 0 Å². The smallest absolute Gasteiger partial charge is 0.236 e. The van der Waals surface area contributed by atoms with Gasteiger partial charge in [0.25, 0.3) is 0 Å². The Balaban J connectivity index is 2.43. The lowest BCUT2D eigenvalue weighted by atomic mass is 9.89. The monoisotopic (exact) mass is 266 g/mol. The van der Waals surface area contributed by atoms with Crippen molar-refractivity contribution in [2.45, 2.75) is 18.9 Å². The van der Waals surface area contributed by atoms with Crippen LogP contribution in [0.15, 0.2) is 73.3 Å². The summed E-state index contributed by atoms with van der Waals surface area (Å²) < 4.78 is 1.28. The first kappa shape index (κ1) is 14.1. The first-order valence-electron chi connectivity index (χ1n) is 6.71. The van der Waals surface area contributed by atoms with Gasteiger partial charge in [-0.15, -0.1) is 6.58 Å². The maximum Gasteiger partial charge on any atom is 0.236 e. The normalized spacial score (nSPS) is 14.6. The average molecular weight is 266 g/mol. The lowest BCUT2D eigenvalue weighted by molar-refractivity contribution is -0.828. The predicted molar refractivity (Wildman–Crippen MR) is 82.3 cm³/mol. The van der Waals surface area contributed by atoms with Crippen LogP contribution in [0, 0.1) is 0 Å². The fourth-order valence-corrected chi connectivity index (χ4v) is 2.24. The molecule has 1 N–H and O–H groups in total. The van der Waals surface area contributed by atoms with E-state index in [1.165, 1.54) is 4.74 Å². The van der Waals surface area contributed by atoms with E-state index >= 15 is 0 Å². The maximum absolute atomic E-state index is 10.5. The second-order valence-corrected chi connectivity index (χ2v) is 5.02. The zero-order valence-corrected chi connectivity index (χ0v) is 11.7. The van der Waals surface area contributed by atoms with Gasteiger partial charge in [-0.05, 0) is 16.9 Å². The van der Waals surface area contributed by atoms with E-state index in [1.807, 2.05) is 73.7 Å². The van der Waals surface area contributed by atoms with Crippen LogP contribution >= 0.6 is 0 Å². The van der Waals surface area contributed by atoms with Gasteiger partial charge in [-0.3, -0.25) is 5.21 Å². The molecule has 0 bridgehead atoms. The van der Waals surface area contributed by atoms with Crippen LogP contribution in [0.5, 0.6) is 0 Å². The molecular weight excluding hydrogens is 246 g/mol. The molecule has 1 atom stereocenters. The molecule has 1 unspecified atom stereocenters. The Labute approximate surface area is 120 Å². The summed E-state index contributed by atoms with van der Waals surface area (Å²) in [6.45, 7) is 5.81. The quantitative estimate of drug-likeness (QED) is 0.285. The van der Waals surface area contributed by atoms with Crippen molar-refractivity contribution in [1.29, 1.82) is 0 Å². The van der Waals surface area contributed by atoms with Gasteiger partial charge in [0.2, 0.25) is 11.8 Å². The Morgan fingerprint density at radius 1 is 1.05 bits per heavy atom. The summed E-state index contributed by atoms with van der Waals surface area (Å²) in [5.74, 6) is 0. The molecule has 0 amide bonds. The van der Waals surface area contributed by atoms with Crippen molar-refractivity contribution in [2.75, 3.05) is 0 Å². The number of benzene rings is 2. The Hall–Kier alpha value is -2.35. The molecule has 0 radical (unpaired) electrons.